The first kappa shape index (κ1) is 21.9. The number of carbonyl (C=O) groups is 2. The van der Waals surface area contributed by atoms with Gasteiger partial charge in [-0.25, -0.2) is 4.79 Å². The van der Waals surface area contributed by atoms with Gasteiger partial charge >= 0.3 is 5.97 Å². The standard InChI is InChI=1S/C25H31NO4/c1-6-30-23-18(9-10-21(24(28)29)22(23)26-15(2)27)11-16-12-19(17-7-8-17)14-20(13-16)25(3,4)5/h9-10,12-14,17H,6-8,11H2,1-5H3,(H,26,27)(H,28,29). The van der Waals surface area contributed by atoms with E-state index in [1.54, 1.807) is 12.1 Å². The molecule has 1 aliphatic carbocycles. The van der Waals surface area contributed by atoms with Crippen molar-refractivity contribution in [1.82, 2.24) is 0 Å². The number of carboxylic acids is 1. The van der Waals surface area contributed by atoms with Gasteiger partial charge in [-0.05, 0) is 53.9 Å². The lowest BCUT2D eigenvalue weighted by Crippen LogP contribution is -2.14. The molecule has 0 saturated heterocycles. The lowest BCUT2D eigenvalue weighted by Gasteiger charge is -2.22. The van der Waals surface area contributed by atoms with E-state index < -0.39 is 5.97 Å². The lowest BCUT2D eigenvalue weighted by molar-refractivity contribution is -0.114. The minimum Gasteiger partial charge on any atom is -0.491 e. The van der Waals surface area contributed by atoms with Crippen molar-refractivity contribution >= 4 is 17.6 Å². The third-order valence-electron chi connectivity index (χ3n) is 5.38. The van der Waals surface area contributed by atoms with E-state index in [0.29, 0.717) is 24.7 Å². The topological polar surface area (TPSA) is 75.6 Å². The summed E-state index contributed by atoms with van der Waals surface area (Å²) < 4.78 is 5.84. The molecule has 1 saturated carbocycles. The number of hydrogen-bond donors (Lipinski definition) is 2. The Morgan fingerprint density at radius 1 is 1.17 bits per heavy atom. The molecule has 0 bridgehead atoms. The van der Waals surface area contributed by atoms with Crippen LogP contribution in [0.25, 0.3) is 0 Å². The van der Waals surface area contributed by atoms with Gasteiger partial charge in [-0.3, -0.25) is 4.79 Å². The summed E-state index contributed by atoms with van der Waals surface area (Å²) >= 11 is 0. The average Bonchev–Trinajstić information content (AvgIpc) is 3.48. The summed E-state index contributed by atoms with van der Waals surface area (Å²) in [5, 5.41) is 12.2. The van der Waals surface area contributed by atoms with Crippen molar-refractivity contribution in [2.45, 2.75) is 65.2 Å². The summed E-state index contributed by atoms with van der Waals surface area (Å²) in [6.07, 6.45) is 3.07. The van der Waals surface area contributed by atoms with Crippen LogP contribution in [0.3, 0.4) is 0 Å². The Morgan fingerprint density at radius 3 is 2.40 bits per heavy atom. The Labute approximate surface area is 178 Å². The Hall–Kier alpha value is -2.82. The SMILES string of the molecule is CCOc1c(Cc2cc(C3CC3)cc(C(C)(C)C)c2)ccc(C(=O)O)c1NC(C)=O. The van der Waals surface area contributed by atoms with Crippen LogP contribution in [-0.4, -0.2) is 23.6 Å². The van der Waals surface area contributed by atoms with E-state index in [2.05, 4.69) is 44.3 Å². The summed E-state index contributed by atoms with van der Waals surface area (Å²) in [5.74, 6) is -0.359. The predicted octanol–water partition coefficient (Wildman–Crippen LogP) is 5.51. The van der Waals surface area contributed by atoms with Crippen LogP contribution in [-0.2, 0) is 16.6 Å². The van der Waals surface area contributed by atoms with Crippen molar-refractivity contribution in [3.63, 3.8) is 0 Å². The summed E-state index contributed by atoms with van der Waals surface area (Å²) in [6.45, 7) is 10.2. The highest BCUT2D eigenvalue weighted by atomic mass is 16.5. The minimum atomic E-state index is -1.10. The second-order valence-corrected chi connectivity index (χ2v) is 9.06. The molecule has 0 heterocycles. The largest absolute Gasteiger partial charge is 0.491 e. The smallest absolute Gasteiger partial charge is 0.337 e. The van der Waals surface area contributed by atoms with Crippen LogP contribution >= 0.6 is 0 Å². The molecule has 0 unspecified atom stereocenters. The number of anilines is 1. The van der Waals surface area contributed by atoms with Gasteiger partial charge in [-0.1, -0.05) is 45.0 Å². The summed E-state index contributed by atoms with van der Waals surface area (Å²) in [6, 6.07) is 10.1. The van der Waals surface area contributed by atoms with Gasteiger partial charge in [0.1, 0.15) is 5.75 Å². The highest BCUT2D eigenvalue weighted by molar-refractivity contribution is 6.02. The van der Waals surface area contributed by atoms with Gasteiger partial charge in [0, 0.05) is 18.9 Å². The average molecular weight is 410 g/mol. The van der Waals surface area contributed by atoms with Crippen molar-refractivity contribution in [3.05, 3.63) is 58.1 Å². The maximum Gasteiger partial charge on any atom is 0.337 e. The molecular weight excluding hydrogens is 378 g/mol. The van der Waals surface area contributed by atoms with Gasteiger partial charge in [0.2, 0.25) is 5.91 Å². The molecule has 1 fully saturated rings. The van der Waals surface area contributed by atoms with Crippen LogP contribution in [0.4, 0.5) is 5.69 Å². The molecule has 1 aliphatic rings. The summed E-state index contributed by atoms with van der Waals surface area (Å²) in [4.78, 5) is 23.4. The predicted molar refractivity (Wildman–Crippen MR) is 119 cm³/mol. The zero-order valence-corrected chi connectivity index (χ0v) is 18.5. The molecule has 160 valence electrons. The zero-order valence-electron chi connectivity index (χ0n) is 18.5. The first-order valence-electron chi connectivity index (χ1n) is 10.5. The van der Waals surface area contributed by atoms with E-state index >= 15 is 0 Å². The highest BCUT2D eigenvalue weighted by Crippen LogP contribution is 2.42. The van der Waals surface area contributed by atoms with Gasteiger partial charge in [0.05, 0.1) is 17.9 Å². The quantitative estimate of drug-likeness (QED) is 0.632. The number of hydrogen-bond acceptors (Lipinski definition) is 3. The Kier molecular flexibility index (Phi) is 6.20. The van der Waals surface area contributed by atoms with Crippen LogP contribution in [0.5, 0.6) is 5.75 Å². The van der Waals surface area contributed by atoms with E-state index in [4.69, 9.17) is 4.74 Å². The van der Waals surface area contributed by atoms with E-state index in [1.807, 2.05) is 6.92 Å². The molecule has 0 aromatic heterocycles. The number of carboxylic acid groups (broad SMARTS) is 1. The minimum absolute atomic E-state index is 0.0273. The maximum absolute atomic E-state index is 11.7. The number of amides is 1. The number of benzene rings is 2. The summed E-state index contributed by atoms with van der Waals surface area (Å²) in [5.41, 5.74) is 4.99. The maximum atomic E-state index is 11.7. The molecule has 2 aromatic carbocycles. The number of nitrogens with one attached hydrogen (secondary N) is 1. The molecule has 5 heteroatoms. The van der Waals surface area contributed by atoms with Crippen molar-refractivity contribution in [1.29, 1.82) is 0 Å². The molecule has 5 nitrogen and oxygen atoms in total. The van der Waals surface area contributed by atoms with Crippen molar-refractivity contribution in [3.8, 4) is 5.75 Å². The normalized spacial score (nSPS) is 13.8. The monoisotopic (exact) mass is 409 g/mol. The van der Waals surface area contributed by atoms with E-state index in [9.17, 15) is 14.7 Å². The van der Waals surface area contributed by atoms with Gasteiger partial charge < -0.3 is 15.2 Å². The van der Waals surface area contributed by atoms with Crippen LogP contribution < -0.4 is 10.1 Å². The Balaban J connectivity index is 2.09. The lowest BCUT2D eigenvalue weighted by atomic mass is 9.83. The Bertz CT molecular complexity index is 968. The second-order valence-electron chi connectivity index (χ2n) is 9.06. The molecule has 30 heavy (non-hydrogen) atoms. The van der Waals surface area contributed by atoms with E-state index in [0.717, 1.165) is 5.56 Å². The molecule has 0 aliphatic heterocycles. The molecular formula is C25H31NO4. The zero-order chi connectivity index (χ0) is 22.1. The van der Waals surface area contributed by atoms with Gasteiger partial charge in [0.15, 0.2) is 0 Å². The van der Waals surface area contributed by atoms with Crippen molar-refractivity contribution in [2.24, 2.45) is 0 Å². The number of ether oxygens (including phenoxy) is 1. The third-order valence-corrected chi connectivity index (χ3v) is 5.38. The van der Waals surface area contributed by atoms with Gasteiger partial charge in [-0.2, -0.15) is 0 Å². The molecule has 0 spiro atoms. The van der Waals surface area contributed by atoms with Crippen LogP contribution in [0.2, 0.25) is 0 Å². The molecule has 1 amide bonds. The Morgan fingerprint density at radius 2 is 1.87 bits per heavy atom. The molecule has 2 aromatic rings. The fourth-order valence-electron chi connectivity index (χ4n) is 3.68. The van der Waals surface area contributed by atoms with Crippen LogP contribution in [0.15, 0.2) is 30.3 Å². The number of rotatable bonds is 7. The fourth-order valence-corrected chi connectivity index (χ4v) is 3.68. The van der Waals surface area contributed by atoms with Crippen LogP contribution in [0.1, 0.15) is 86.0 Å². The fraction of sp³-hybridized carbons (Fsp3) is 0.440. The van der Waals surface area contributed by atoms with E-state index in [-0.39, 0.29) is 22.6 Å². The van der Waals surface area contributed by atoms with Crippen molar-refractivity contribution in [2.75, 3.05) is 11.9 Å². The van der Waals surface area contributed by atoms with Gasteiger partial charge in [-0.15, -0.1) is 0 Å². The number of carbonyl (C=O) groups excluding carboxylic acids is 1. The summed E-state index contributed by atoms with van der Waals surface area (Å²) in [7, 11) is 0. The number of aromatic carboxylic acids is 1. The van der Waals surface area contributed by atoms with Crippen molar-refractivity contribution < 1.29 is 19.4 Å². The highest BCUT2D eigenvalue weighted by Gasteiger charge is 2.26. The van der Waals surface area contributed by atoms with Crippen LogP contribution in [0, 0.1) is 0 Å². The van der Waals surface area contributed by atoms with Gasteiger partial charge in [0.25, 0.3) is 0 Å². The third kappa shape index (κ3) is 5.02. The van der Waals surface area contributed by atoms with E-state index in [1.165, 1.54) is 36.5 Å². The molecule has 2 N–H and O–H groups in total. The first-order chi connectivity index (χ1) is 14.1. The molecule has 0 radical (unpaired) electrons. The first-order valence-corrected chi connectivity index (χ1v) is 10.5. The molecule has 3 rings (SSSR count). The molecule has 0 atom stereocenters. The second kappa shape index (κ2) is 8.50.